The molecule has 0 aromatic heterocycles. The van der Waals surface area contributed by atoms with Crippen LogP contribution in [0.5, 0.6) is 11.5 Å². The third-order valence-electron chi connectivity index (χ3n) is 7.21. The molecule has 8 nitrogen and oxygen atoms in total. The first-order chi connectivity index (χ1) is 18.5. The van der Waals surface area contributed by atoms with Crippen molar-refractivity contribution in [3.8, 4) is 11.5 Å². The number of para-hydroxylation sites is 1. The second kappa shape index (κ2) is 12.0. The van der Waals surface area contributed by atoms with Crippen molar-refractivity contribution in [1.29, 1.82) is 0 Å². The Kier molecular flexibility index (Phi) is 8.09. The van der Waals surface area contributed by atoms with Gasteiger partial charge in [0.1, 0.15) is 11.5 Å². The zero-order valence-corrected chi connectivity index (χ0v) is 21.6. The molecule has 8 heteroatoms. The van der Waals surface area contributed by atoms with Gasteiger partial charge in [-0.1, -0.05) is 18.2 Å². The number of carbonyl (C=O) groups excluding carboxylic acids is 2. The number of urea groups is 1. The fraction of sp³-hybridized carbons (Fsp3) is 0.333. The van der Waals surface area contributed by atoms with Gasteiger partial charge >= 0.3 is 6.03 Å². The van der Waals surface area contributed by atoms with E-state index in [0.717, 1.165) is 43.8 Å². The van der Waals surface area contributed by atoms with Crippen LogP contribution >= 0.6 is 0 Å². The zero-order chi connectivity index (χ0) is 26.3. The number of rotatable bonds is 7. The molecule has 0 saturated carbocycles. The highest BCUT2D eigenvalue weighted by atomic mass is 16.5. The SMILES string of the molecule is CN(C(=O)C1CCOCC1)C1CCN(c2ccc(NC(=O)Nc3ccc(Oc4ccccc4)cc3)cc2)C1. The first-order valence-electron chi connectivity index (χ1n) is 13.2. The summed E-state index contributed by atoms with van der Waals surface area (Å²) in [6, 6.07) is 24.5. The summed E-state index contributed by atoms with van der Waals surface area (Å²) < 4.78 is 11.2. The average molecular weight is 515 g/mol. The van der Waals surface area contributed by atoms with Gasteiger partial charge in [0.25, 0.3) is 0 Å². The number of hydrogen-bond donors (Lipinski definition) is 2. The number of ether oxygens (including phenoxy) is 2. The van der Waals surface area contributed by atoms with Crippen LogP contribution in [-0.4, -0.2) is 56.2 Å². The van der Waals surface area contributed by atoms with Crippen LogP contribution in [0.25, 0.3) is 0 Å². The molecular formula is C30H34N4O4. The molecule has 5 rings (SSSR count). The summed E-state index contributed by atoms with van der Waals surface area (Å²) in [5.41, 5.74) is 2.46. The number of anilines is 3. The minimum absolute atomic E-state index is 0.0832. The monoisotopic (exact) mass is 514 g/mol. The third kappa shape index (κ3) is 6.44. The second-order valence-electron chi connectivity index (χ2n) is 9.79. The van der Waals surface area contributed by atoms with E-state index in [1.54, 1.807) is 12.1 Å². The molecule has 0 aliphatic carbocycles. The highest BCUT2D eigenvalue weighted by Crippen LogP contribution is 2.27. The lowest BCUT2D eigenvalue weighted by Gasteiger charge is -2.30. The van der Waals surface area contributed by atoms with Crippen molar-refractivity contribution in [2.24, 2.45) is 5.92 Å². The molecule has 1 unspecified atom stereocenters. The Bertz CT molecular complexity index is 1210. The number of likely N-dealkylation sites (N-methyl/N-ethyl adjacent to an activating group) is 1. The van der Waals surface area contributed by atoms with Gasteiger partial charge in [0, 0.05) is 56.3 Å². The third-order valence-corrected chi connectivity index (χ3v) is 7.21. The van der Waals surface area contributed by atoms with E-state index in [-0.39, 0.29) is 23.9 Å². The fourth-order valence-electron chi connectivity index (χ4n) is 4.98. The Morgan fingerprint density at radius 3 is 2.11 bits per heavy atom. The van der Waals surface area contributed by atoms with Crippen molar-refractivity contribution < 1.29 is 19.1 Å². The Morgan fingerprint density at radius 1 is 0.842 bits per heavy atom. The van der Waals surface area contributed by atoms with Crippen LogP contribution in [0.4, 0.5) is 21.9 Å². The molecule has 198 valence electrons. The normalized spacial score (nSPS) is 17.6. The molecule has 38 heavy (non-hydrogen) atoms. The lowest BCUT2D eigenvalue weighted by Crippen LogP contribution is -2.43. The molecule has 2 saturated heterocycles. The first-order valence-corrected chi connectivity index (χ1v) is 13.2. The van der Waals surface area contributed by atoms with Crippen molar-refractivity contribution in [2.45, 2.75) is 25.3 Å². The van der Waals surface area contributed by atoms with Crippen LogP contribution in [0.1, 0.15) is 19.3 Å². The summed E-state index contributed by atoms with van der Waals surface area (Å²) in [5, 5.41) is 5.72. The molecule has 2 aliphatic heterocycles. The van der Waals surface area contributed by atoms with Gasteiger partial charge in [-0.25, -0.2) is 4.79 Å². The van der Waals surface area contributed by atoms with E-state index in [4.69, 9.17) is 9.47 Å². The maximum Gasteiger partial charge on any atom is 0.323 e. The number of amides is 3. The molecule has 2 N–H and O–H groups in total. The lowest BCUT2D eigenvalue weighted by atomic mass is 9.98. The number of carbonyl (C=O) groups is 2. The van der Waals surface area contributed by atoms with Gasteiger partial charge in [0.2, 0.25) is 5.91 Å². The molecule has 3 amide bonds. The van der Waals surface area contributed by atoms with E-state index in [2.05, 4.69) is 15.5 Å². The summed E-state index contributed by atoms with van der Waals surface area (Å²) in [5.74, 6) is 1.78. The van der Waals surface area contributed by atoms with Crippen molar-refractivity contribution in [3.05, 3.63) is 78.9 Å². The van der Waals surface area contributed by atoms with E-state index in [9.17, 15) is 9.59 Å². The number of benzene rings is 3. The molecule has 1 atom stereocenters. The van der Waals surface area contributed by atoms with Crippen LogP contribution in [0.15, 0.2) is 78.9 Å². The highest BCUT2D eigenvalue weighted by Gasteiger charge is 2.32. The molecule has 3 aromatic carbocycles. The van der Waals surface area contributed by atoms with Crippen LogP contribution in [0.2, 0.25) is 0 Å². The minimum atomic E-state index is -0.316. The summed E-state index contributed by atoms with van der Waals surface area (Å²) >= 11 is 0. The topological polar surface area (TPSA) is 83.1 Å². The van der Waals surface area contributed by atoms with Crippen LogP contribution in [0, 0.1) is 5.92 Å². The zero-order valence-electron chi connectivity index (χ0n) is 21.6. The van der Waals surface area contributed by atoms with Gasteiger partial charge in [-0.05, 0) is 79.9 Å². The second-order valence-corrected chi connectivity index (χ2v) is 9.79. The number of nitrogens with zero attached hydrogens (tertiary/aromatic N) is 2. The van der Waals surface area contributed by atoms with E-state index in [1.165, 1.54) is 0 Å². The van der Waals surface area contributed by atoms with Gasteiger partial charge in [0.15, 0.2) is 0 Å². The van der Waals surface area contributed by atoms with E-state index in [1.807, 2.05) is 78.7 Å². The Labute approximate surface area is 223 Å². The predicted molar refractivity (Wildman–Crippen MR) is 149 cm³/mol. The van der Waals surface area contributed by atoms with Crippen molar-refractivity contribution in [2.75, 3.05) is 48.9 Å². The Balaban J connectivity index is 1.09. The predicted octanol–water partition coefficient (Wildman–Crippen LogP) is 5.59. The van der Waals surface area contributed by atoms with Gasteiger partial charge in [-0.15, -0.1) is 0 Å². The molecule has 0 radical (unpaired) electrons. The maximum atomic E-state index is 12.9. The van der Waals surface area contributed by atoms with Gasteiger partial charge < -0.3 is 29.9 Å². The van der Waals surface area contributed by atoms with Gasteiger partial charge in [-0.2, -0.15) is 0 Å². The van der Waals surface area contributed by atoms with Crippen LogP contribution in [-0.2, 0) is 9.53 Å². The Hall–Kier alpha value is -4.04. The molecular weight excluding hydrogens is 480 g/mol. The standard InChI is InChI=1S/C30H34N4O4/c1-33(29(35)22-16-19-37-20-17-22)26-15-18-34(21-26)25-11-7-23(8-12-25)31-30(36)32-24-9-13-28(14-10-24)38-27-5-3-2-4-6-27/h2-14,22,26H,15-21H2,1H3,(H2,31,32,36). The summed E-state index contributed by atoms with van der Waals surface area (Å²) in [4.78, 5) is 29.6. The van der Waals surface area contributed by atoms with Crippen molar-refractivity contribution in [3.63, 3.8) is 0 Å². The number of nitrogens with one attached hydrogen (secondary N) is 2. The average Bonchev–Trinajstić information content (AvgIpc) is 3.45. The molecule has 2 aliphatic rings. The number of hydrogen-bond acceptors (Lipinski definition) is 5. The van der Waals surface area contributed by atoms with Crippen LogP contribution < -0.4 is 20.3 Å². The summed E-state index contributed by atoms with van der Waals surface area (Å²) in [6.07, 6.45) is 2.58. The lowest BCUT2D eigenvalue weighted by molar-refractivity contribution is -0.138. The smallest absolute Gasteiger partial charge is 0.323 e. The Morgan fingerprint density at radius 2 is 1.45 bits per heavy atom. The summed E-state index contributed by atoms with van der Waals surface area (Å²) in [6.45, 7) is 3.06. The first kappa shape index (κ1) is 25.6. The molecule has 2 heterocycles. The fourth-order valence-corrected chi connectivity index (χ4v) is 4.98. The maximum absolute atomic E-state index is 12.9. The van der Waals surface area contributed by atoms with E-state index in [0.29, 0.717) is 30.3 Å². The molecule has 2 fully saturated rings. The largest absolute Gasteiger partial charge is 0.457 e. The quantitative estimate of drug-likeness (QED) is 0.430. The van der Waals surface area contributed by atoms with Crippen LogP contribution in [0.3, 0.4) is 0 Å². The highest BCUT2D eigenvalue weighted by molar-refractivity contribution is 5.99. The molecule has 0 spiro atoms. The van der Waals surface area contributed by atoms with Crippen molar-refractivity contribution >= 4 is 29.0 Å². The van der Waals surface area contributed by atoms with E-state index >= 15 is 0 Å². The van der Waals surface area contributed by atoms with Gasteiger partial charge in [-0.3, -0.25) is 4.79 Å². The van der Waals surface area contributed by atoms with Crippen molar-refractivity contribution in [1.82, 2.24) is 4.90 Å². The summed E-state index contributed by atoms with van der Waals surface area (Å²) in [7, 11) is 1.93. The van der Waals surface area contributed by atoms with E-state index < -0.39 is 0 Å². The molecule has 3 aromatic rings. The van der Waals surface area contributed by atoms with Gasteiger partial charge in [0.05, 0.1) is 6.04 Å². The molecule has 0 bridgehead atoms. The minimum Gasteiger partial charge on any atom is -0.457 e.